The first kappa shape index (κ1) is 18.2. The maximum atomic E-state index is 6.10. The molecule has 0 aliphatic heterocycles. The summed E-state index contributed by atoms with van der Waals surface area (Å²) >= 11 is 1.56. The molecule has 0 atom stereocenters. The minimum absolute atomic E-state index is 0. The Hall–Kier alpha value is -2.56. The lowest BCUT2D eigenvalue weighted by molar-refractivity contribution is 0.466. The number of benzene rings is 2. The van der Waals surface area contributed by atoms with Crippen molar-refractivity contribution in [2.45, 2.75) is 11.0 Å². The molecule has 5 heteroatoms. The largest absolute Gasteiger partial charge is 0.431 e. The Balaban J connectivity index is 0.00000196. The van der Waals surface area contributed by atoms with Crippen LogP contribution >= 0.6 is 24.2 Å². The van der Waals surface area contributed by atoms with Crippen molar-refractivity contribution in [3.63, 3.8) is 0 Å². The van der Waals surface area contributed by atoms with Gasteiger partial charge < -0.3 is 4.42 Å². The van der Waals surface area contributed by atoms with Crippen LogP contribution in [-0.4, -0.2) is 9.97 Å². The predicted molar refractivity (Wildman–Crippen MR) is 108 cm³/mol. The summed E-state index contributed by atoms with van der Waals surface area (Å²) in [6.07, 6.45) is 1.80. The topological polar surface area (TPSA) is 38.9 Å². The average molecular weight is 381 g/mol. The van der Waals surface area contributed by atoms with E-state index in [0.29, 0.717) is 5.22 Å². The van der Waals surface area contributed by atoms with Crippen LogP contribution in [0.5, 0.6) is 0 Å². The van der Waals surface area contributed by atoms with Crippen molar-refractivity contribution < 1.29 is 4.42 Å². The molecular formula is C21H17ClN2OS. The van der Waals surface area contributed by atoms with E-state index in [4.69, 9.17) is 9.40 Å². The molecule has 3 nitrogen and oxygen atoms in total. The van der Waals surface area contributed by atoms with Crippen LogP contribution < -0.4 is 0 Å². The van der Waals surface area contributed by atoms with Gasteiger partial charge in [-0.1, -0.05) is 78.5 Å². The van der Waals surface area contributed by atoms with E-state index in [1.54, 1.807) is 18.0 Å². The van der Waals surface area contributed by atoms with E-state index < -0.39 is 0 Å². The zero-order valence-electron chi connectivity index (χ0n) is 13.9. The van der Waals surface area contributed by atoms with Gasteiger partial charge in [0.1, 0.15) is 5.69 Å². The molecule has 0 N–H and O–H groups in total. The first-order chi connectivity index (χ1) is 12.4. The highest BCUT2D eigenvalue weighted by Crippen LogP contribution is 2.36. The number of hydrogen-bond acceptors (Lipinski definition) is 4. The minimum Gasteiger partial charge on any atom is -0.431 e. The van der Waals surface area contributed by atoms with Gasteiger partial charge in [-0.3, -0.25) is 4.98 Å². The van der Waals surface area contributed by atoms with Crippen molar-refractivity contribution in [1.82, 2.24) is 9.97 Å². The monoisotopic (exact) mass is 380 g/mol. The molecule has 130 valence electrons. The van der Waals surface area contributed by atoms with Gasteiger partial charge in [-0.2, -0.15) is 0 Å². The fourth-order valence-corrected chi connectivity index (χ4v) is 3.30. The van der Waals surface area contributed by atoms with E-state index in [9.17, 15) is 0 Å². The van der Waals surface area contributed by atoms with Gasteiger partial charge in [-0.25, -0.2) is 4.98 Å². The van der Waals surface area contributed by atoms with Gasteiger partial charge in [-0.05, 0) is 12.1 Å². The molecule has 0 bridgehead atoms. The second-order valence-electron chi connectivity index (χ2n) is 5.50. The number of halogens is 1. The molecule has 0 unspecified atom stereocenters. The lowest BCUT2D eigenvalue weighted by Crippen LogP contribution is -1.84. The van der Waals surface area contributed by atoms with Crippen molar-refractivity contribution in [2.75, 3.05) is 0 Å². The quantitative estimate of drug-likeness (QED) is 0.391. The van der Waals surface area contributed by atoms with Crippen molar-refractivity contribution in [3.8, 4) is 22.6 Å². The third-order valence-electron chi connectivity index (χ3n) is 3.76. The summed E-state index contributed by atoms with van der Waals surface area (Å²) in [5, 5.41) is 0.656. The second kappa shape index (κ2) is 8.70. The number of pyridine rings is 1. The average Bonchev–Trinajstić information content (AvgIpc) is 3.13. The van der Waals surface area contributed by atoms with Crippen LogP contribution in [0.25, 0.3) is 22.6 Å². The van der Waals surface area contributed by atoms with Gasteiger partial charge in [0.05, 0.1) is 5.69 Å². The summed E-state index contributed by atoms with van der Waals surface area (Å²) < 4.78 is 6.10. The fourth-order valence-electron chi connectivity index (χ4n) is 2.56. The molecule has 0 aliphatic carbocycles. The van der Waals surface area contributed by atoms with E-state index in [0.717, 1.165) is 34.0 Å². The molecular weight excluding hydrogens is 364 g/mol. The minimum atomic E-state index is 0. The Kier molecular flexibility index (Phi) is 6.10. The maximum Gasteiger partial charge on any atom is 0.257 e. The number of aromatic nitrogens is 2. The van der Waals surface area contributed by atoms with Crippen molar-refractivity contribution in [2.24, 2.45) is 0 Å². The lowest BCUT2D eigenvalue weighted by atomic mass is 10.1. The van der Waals surface area contributed by atoms with Gasteiger partial charge >= 0.3 is 0 Å². The highest BCUT2D eigenvalue weighted by Gasteiger charge is 2.17. The molecule has 0 fully saturated rings. The van der Waals surface area contributed by atoms with Crippen molar-refractivity contribution in [3.05, 3.63) is 90.8 Å². The molecule has 0 spiro atoms. The van der Waals surface area contributed by atoms with Crippen LogP contribution in [0.15, 0.2) is 94.7 Å². The van der Waals surface area contributed by atoms with E-state index in [2.05, 4.69) is 17.1 Å². The fraction of sp³-hybridized carbons (Fsp3) is 0.0476. The Bertz CT molecular complexity index is 887. The van der Waals surface area contributed by atoms with Crippen molar-refractivity contribution in [1.29, 1.82) is 0 Å². The third kappa shape index (κ3) is 4.15. The maximum absolute atomic E-state index is 6.10. The van der Waals surface area contributed by atoms with Crippen LogP contribution in [-0.2, 0) is 5.75 Å². The Morgan fingerprint density at radius 2 is 1.42 bits per heavy atom. The molecule has 2 heterocycles. The smallest absolute Gasteiger partial charge is 0.257 e. The first-order valence-electron chi connectivity index (χ1n) is 8.04. The number of nitrogens with zero attached hydrogens (tertiary/aromatic N) is 2. The first-order valence-corrected chi connectivity index (χ1v) is 9.03. The number of thioether (sulfide) groups is 1. The zero-order chi connectivity index (χ0) is 16.9. The van der Waals surface area contributed by atoms with Crippen LogP contribution in [0.1, 0.15) is 5.69 Å². The lowest BCUT2D eigenvalue weighted by Gasteiger charge is -2.00. The molecule has 2 aromatic heterocycles. The third-order valence-corrected chi connectivity index (χ3v) is 4.62. The molecule has 0 aliphatic rings. The number of hydrogen-bond donors (Lipinski definition) is 0. The molecule has 0 amide bonds. The van der Waals surface area contributed by atoms with Gasteiger partial charge in [-0.15, -0.1) is 12.4 Å². The predicted octanol–water partition coefficient (Wildman–Crippen LogP) is 6.12. The van der Waals surface area contributed by atoms with E-state index >= 15 is 0 Å². The summed E-state index contributed by atoms with van der Waals surface area (Å²) in [6.45, 7) is 0. The molecule has 0 saturated heterocycles. The Morgan fingerprint density at radius 1 is 0.769 bits per heavy atom. The van der Waals surface area contributed by atoms with Crippen LogP contribution in [0.4, 0.5) is 0 Å². The van der Waals surface area contributed by atoms with Gasteiger partial charge in [0.2, 0.25) is 0 Å². The number of oxazole rings is 1. The van der Waals surface area contributed by atoms with E-state index in [1.807, 2.05) is 66.7 Å². The van der Waals surface area contributed by atoms with Gasteiger partial charge in [0, 0.05) is 23.1 Å². The standard InChI is InChI=1S/C21H16N2OS.ClH/c1-3-9-16(10-4-1)19-20(17-11-5-2-6-12-17)24-21(23-19)25-15-18-13-7-8-14-22-18;/h1-14H,15H2;1H. The summed E-state index contributed by atoms with van der Waals surface area (Å²) in [5.74, 6) is 1.53. The normalized spacial score (nSPS) is 10.3. The molecule has 26 heavy (non-hydrogen) atoms. The van der Waals surface area contributed by atoms with Gasteiger partial charge in [0.25, 0.3) is 5.22 Å². The van der Waals surface area contributed by atoms with E-state index in [1.165, 1.54) is 0 Å². The van der Waals surface area contributed by atoms with Crippen LogP contribution in [0.2, 0.25) is 0 Å². The second-order valence-corrected chi connectivity index (χ2v) is 6.43. The summed E-state index contributed by atoms with van der Waals surface area (Å²) in [5.41, 5.74) is 3.96. The highest BCUT2D eigenvalue weighted by atomic mass is 35.5. The highest BCUT2D eigenvalue weighted by molar-refractivity contribution is 7.98. The van der Waals surface area contributed by atoms with Crippen LogP contribution in [0, 0.1) is 0 Å². The number of rotatable bonds is 5. The summed E-state index contributed by atoms with van der Waals surface area (Å²) in [6, 6.07) is 26.1. The van der Waals surface area contributed by atoms with Crippen molar-refractivity contribution >= 4 is 24.2 Å². The Morgan fingerprint density at radius 3 is 2.08 bits per heavy atom. The zero-order valence-corrected chi connectivity index (χ0v) is 15.5. The molecule has 0 saturated carbocycles. The SMILES string of the molecule is Cl.c1ccc(-c2nc(SCc3ccccn3)oc2-c2ccccc2)cc1. The molecule has 4 rings (SSSR count). The summed E-state index contributed by atoms with van der Waals surface area (Å²) in [7, 11) is 0. The molecule has 2 aromatic carbocycles. The summed E-state index contributed by atoms with van der Waals surface area (Å²) in [4.78, 5) is 9.09. The molecule has 4 aromatic rings. The van der Waals surface area contributed by atoms with Crippen LogP contribution in [0.3, 0.4) is 0 Å². The van der Waals surface area contributed by atoms with Gasteiger partial charge in [0.15, 0.2) is 5.76 Å². The molecule has 0 radical (unpaired) electrons. The van der Waals surface area contributed by atoms with E-state index in [-0.39, 0.29) is 12.4 Å². The Labute approximate surface area is 162 Å².